The van der Waals surface area contributed by atoms with Gasteiger partial charge >= 0.3 is 0 Å². The predicted molar refractivity (Wildman–Crippen MR) is 171 cm³/mol. The lowest BCUT2D eigenvalue weighted by Crippen LogP contribution is -2.26. The lowest BCUT2D eigenvalue weighted by atomic mass is 9.73. The first kappa shape index (κ1) is 27.6. The van der Waals surface area contributed by atoms with Crippen molar-refractivity contribution < 1.29 is 50.4 Å². The van der Waals surface area contributed by atoms with E-state index in [0.717, 1.165) is 0 Å². The van der Waals surface area contributed by atoms with E-state index in [2.05, 4.69) is 4.98 Å². The highest BCUT2D eigenvalue weighted by atomic mass is 16.4. The molecule has 0 spiro atoms. The van der Waals surface area contributed by atoms with Crippen LogP contribution in [-0.4, -0.2) is 90.2 Å². The van der Waals surface area contributed by atoms with Crippen LogP contribution in [0.25, 0.3) is 49.3 Å². The average Bonchev–Trinajstić information content (AvgIpc) is 3.56. The van der Waals surface area contributed by atoms with Crippen LogP contribution in [0.4, 0.5) is 0 Å². The summed E-state index contributed by atoms with van der Waals surface area (Å²) in [4.78, 5) is 3.05. The number of rotatable bonds is 3. The fourth-order valence-electron chi connectivity index (χ4n) is 5.77. The molecule has 0 saturated heterocycles. The number of hydrogen-bond donors (Lipinski definition) is 10. The fourth-order valence-corrected chi connectivity index (χ4v) is 5.77. The van der Waals surface area contributed by atoms with Gasteiger partial charge < -0.3 is 55.4 Å². The summed E-state index contributed by atoms with van der Waals surface area (Å²) in [6, 6.07) is 0. The van der Waals surface area contributed by atoms with Crippen molar-refractivity contribution in [2.24, 2.45) is 0 Å². The van der Waals surface area contributed by atoms with E-state index in [1.807, 2.05) is 0 Å². The largest absolute Gasteiger partial charge is 0.512 e. The second-order valence-corrected chi connectivity index (χ2v) is 10.2. The number of nitrogens with one attached hydrogen (secondary N) is 1. The molecule has 0 aliphatic rings. The summed E-state index contributed by atoms with van der Waals surface area (Å²) in [5, 5.41) is 95.5. The number of hydrogen-bond acceptors (Lipinski definition) is 10. The van der Waals surface area contributed by atoms with Crippen molar-refractivity contribution in [2.75, 3.05) is 0 Å². The SMILES string of the molecule is Bc1c(/C(C)=C(O)/C(O)=C(O)\C(O)=C\O)c(B)c2c([nH]c3c(O)c4oc5c(O)c(B)c(B)c(O)c5c4c(B)c32)c1O. The summed E-state index contributed by atoms with van der Waals surface area (Å²) in [5.74, 6) is -4.99. The molecule has 204 valence electrons. The number of aliphatic hydroxyl groups is 5. The molecule has 10 N–H and O–H groups in total. The number of aliphatic hydroxyl groups excluding tert-OH is 5. The molecule has 2 heterocycles. The van der Waals surface area contributed by atoms with Crippen LogP contribution in [0.5, 0.6) is 23.0 Å². The lowest BCUT2D eigenvalue weighted by Gasteiger charge is -2.17. The highest BCUT2D eigenvalue weighted by Gasteiger charge is 2.29. The minimum atomic E-state index is -1.17. The molecule has 2 aromatic heterocycles. The second-order valence-electron chi connectivity index (χ2n) is 10.2. The van der Waals surface area contributed by atoms with Gasteiger partial charge in [-0.25, -0.2) is 0 Å². The Morgan fingerprint density at radius 2 is 1.15 bits per heavy atom. The molecule has 5 aromatic rings. The monoisotopic (exact) mass is 553 g/mol. The Kier molecular flexibility index (Phi) is 6.06. The van der Waals surface area contributed by atoms with Gasteiger partial charge in [-0.1, -0.05) is 10.9 Å². The average molecular weight is 553 g/mol. The number of aromatic hydroxyl groups is 4. The number of phenols is 4. The molecule has 0 fully saturated rings. The number of furan rings is 1. The van der Waals surface area contributed by atoms with Crippen molar-refractivity contribution in [3.8, 4) is 23.0 Å². The number of aromatic nitrogens is 1. The zero-order valence-electron chi connectivity index (χ0n) is 23.0. The number of phenolic OH excluding ortho intramolecular Hbond substituents is 4. The summed E-state index contributed by atoms with van der Waals surface area (Å²) in [6.45, 7) is 1.42. The van der Waals surface area contributed by atoms with Gasteiger partial charge in [0.05, 0.1) is 16.4 Å². The maximum Gasteiger partial charge on any atom is 0.207 e. The Morgan fingerprint density at radius 3 is 1.76 bits per heavy atom. The maximum atomic E-state index is 11.3. The Bertz CT molecular complexity index is 2110. The molecule has 0 saturated carbocycles. The van der Waals surface area contributed by atoms with Gasteiger partial charge in [0.25, 0.3) is 0 Å². The molecule has 0 radical (unpaired) electrons. The van der Waals surface area contributed by atoms with Crippen LogP contribution >= 0.6 is 0 Å². The van der Waals surface area contributed by atoms with Crippen LogP contribution < -0.4 is 27.3 Å². The summed E-state index contributed by atoms with van der Waals surface area (Å²) in [6.07, 6.45) is 0.143. The molecule has 0 amide bonds. The Morgan fingerprint density at radius 1 is 0.610 bits per heavy atom. The number of allylic oxidation sites excluding steroid dienone is 1. The minimum absolute atomic E-state index is 0.0120. The van der Waals surface area contributed by atoms with E-state index in [9.17, 15) is 40.9 Å². The molecule has 3 aromatic carbocycles. The van der Waals surface area contributed by atoms with Crippen LogP contribution in [-0.2, 0) is 0 Å². The minimum Gasteiger partial charge on any atom is -0.512 e. The summed E-state index contributed by atoms with van der Waals surface area (Å²) in [7, 11) is 8.30. The van der Waals surface area contributed by atoms with Gasteiger partial charge in [0.2, 0.25) is 11.5 Å². The Balaban J connectivity index is 1.98. The van der Waals surface area contributed by atoms with Gasteiger partial charge in [-0.3, -0.25) is 0 Å². The van der Waals surface area contributed by atoms with Gasteiger partial charge in [-0.2, -0.15) is 0 Å². The molecule has 41 heavy (non-hydrogen) atoms. The van der Waals surface area contributed by atoms with Crippen LogP contribution in [0.15, 0.2) is 33.7 Å². The number of H-pyrrole nitrogens is 1. The van der Waals surface area contributed by atoms with Crippen molar-refractivity contribution in [1.29, 1.82) is 0 Å². The highest BCUT2D eigenvalue weighted by Crippen LogP contribution is 2.44. The molecule has 0 aliphatic carbocycles. The van der Waals surface area contributed by atoms with E-state index in [0.29, 0.717) is 49.0 Å². The third-order valence-electron chi connectivity index (χ3n) is 8.10. The predicted octanol–water partition coefficient (Wildman–Crippen LogP) is -3.09. The van der Waals surface area contributed by atoms with E-state index >= 15 is 0 Å². The van der Waals surface area contributed by atoms with Gasteiger partial charge in [-0.05, 0) is 28.9 Å². The first-order valence-corrected chi connectivity index (χ1v) is 12.5. The first-order chi connectivity index (χ1) is 19.2. The molecule has 16 heteroatoms. The number of aromatic amines is 1. The standard InChI is InChI=1S/C25H24B5NO10/c1-3(17(34)23(40)18(35)4(33)2-32)5-10(26)6-7-11(27)8-9-19(36)13(29)14(30)21(38)25(9)41-24(8)22(39)16(7)31-15(6)20(37)12(5)28/h2,31-40H,26-30H2,1H3/b4-2-,17-3-,23-18-. The number of fused-ring (bicyclic) bond motifs is 6. The van der Waals surface area contributed by atoms with Gasteiger partial charge in [-0.15, -0.1) is 0 Å². The molecule has 0 bridgehead atoms. The van der Waals surface area contributed by atoms with Crippen molar-refractivity contribution in [1.82, 2.24) is 4.98 Å². The lowest BCUT2D eigenvalue weighted by molar-refractivity contribution is 0.254. The highest BCUT2D eigenvalue weighted by molar-refractivity contribution is 6.57. The summed E-state index contributed by atoms with van der Waals surface area (Å²) in [5.41, 5.74) is 3.06. The third-order valence-corrected chi connectivity index (χ3v) is 8.10. The van der Waals surface area contributed by atoms with Gasteiger partial charge in [0.1, 0.15) is 57.0 Å². The Labute approximate surface area is 236 Å². The van der Waals surface area contributed by atoms with E-state index in [1.165, 1.54) is 6.92 Å². The number of benzene rings is 3. The van der Waals surface area contributed by atoms with Crippen LogP contribution in [0, 0.1) is 0 Å². The molecular weight excluding hydrogens is 528 g/mol. The molecule has 5 rings (SSSR count). The molecule has 0 unspecified atom stereocenters. The van der Waals surface area contributed by atoms with Crippen molar-refractivity contribution >= 4 is 116 Å². The zero-order chi connectivity index (χ0) is 30.4. The van der Waals surface area contributed by atoms with E-state index < -0.39 is 23.0 Å². The maximum absolute atomic E-state index is 11.3. The topological polar surface area (TPSA) is 211 Å². The third kappa shape index (κ3) is 3.46. The summed E-state index contributed by atoms with van der Waals surface area (Å²) >= 11 is 0. The van der Waals surface area contributed by atoms with E-state index in [-0.39, 0.29) is 62.4 Å². The van der Waals surface area contributed by atoms with Gasteiger partial charge in [0.15, 0.2) is 34.2 Å². The first-order valence-electron chi connectivity index (χ1n) is 12.5. The van der Waals surface area contributed by atoms with E-state index in [1.54, 1.807) is 39.2 Å². The van der Waals surface area contributed by atoms with Crippen LogP contribution in [0.3, 0.4) is 0 Å². The summed E-state index contributed by atoms with van der Waals surface area (Å²) < 4.78 is 5.89. The molecule has 11 nitrogen and oxygen atoms in total. The zero-order valence-corrected chi connectivity index (χ0v) is 23.0. The van der Waals surface area contributed by atoms with Crippen LogP contribution in [0.2, 0.25) is 0 Å². The van der Waals surface area contributed by atoms with Crippen molar-refractivity contribution in [3.05, 3.63) is 34.9 Å². The van der Waals surface area contributed by atoms with Crippen molar-refractivity contribution in [3.63, 3.8) is 0 Å². The van der Waals surface area contributed by atoms with Gasteiger partial charge in [0, 0.05) is 21.7 Å². The normalized spacial score (nSPS) is 13.8. The fraction of sp³-hybridized carbons (Fsp3) is 0.0400. The molecule has 0 atom stereocenters. The Hall–Kier alpha value is -5.00. The molecular formula is C25H24B5NO10. The van der Waals surface area contributed by atoms with Crippen LogP contribution in [0.1, 0.15) is 12.5 Å². The van der Waals surface area contributed by atoms with E-state index in [4.69, 9.17) is 9.52 Å². The smallest absolute Gasteiger partial charge is 0.207 e. The second kappa shape index (κ2) is 9.02. The quantitative estimate of drug-likeness (QED) is 0.0472. The van der Waals surface area contributed by atoms with Crippen molar-refractivity contribution in [2.45, 2.75) is 6.92 Å². The molecule has 0 aliphatic heterocycles.